The van der Waals surface area contributed by atoms with E-state index in [4.69, 9.17) is 52.2 Å². The Kier molecular flexibility index (Phi) is 25.2. The summed E-state index contributed by atoms with van der Waals surface area (Å²) in [7, 11) is -1.56. The minimum atomic E-state index is -5.72. The maximum atomic E-state index is 15.3. The lowest BCUT2D eigenvalue weighted by Crippen LogP contribution is -2.59. The number of oxime groups is 1. The fourth-order valence-corrected chi connectivity index (χ4v) is 12.7. The lowest BCUT2D eigenvalue weighted by Gasteiger charge is -2.44. The number of aliphatic hydroxyl groups is 3. The van der Waals surface area contributed by atoms with Crippen LogP contribution in [0.4, 0.5) is 13.2 Å². The zero-order chi connectivity index (χ0) is 60.7. The van der Waals surface area contributed by atoms with Crippen molar-refractivity contribution in [3.63, 3.8) is 0 Å². The number of carbonyl (C=O) groups excluding carboxylic acids is 3. The average Bonchev–Trinajstić information content (AvgIpc) is 3.49. The Balaban J connectivity index is 1.89. The lowest BCUT2D eigenvalue weighted by molar-refractivity contribution is -0.305. The number of esters is 2. The van der Waals surface area contributed by atoms with Crippen LogP contribution < -0.4 is 4.72 Å². The highest BCUT2D eigenvalue weighted by Gasteiger charge is 2.52. The number of hydrogen-bond donors (Lipinski definition) is 4. The Morgan fingerprint density at radius 2 is 1.48 bits per heavy atom. The number of rotatable bonds is 18. The van der Waals surface area contributed by atoms with Gasteiger partial charge in [0.05, 0.1) is 54.7 Å². The number of halogens is 3. The molecule has 4 N–H and O–H groups in total. The summed E-state index contributed by atoms with van der Waals surface area (Å²) in [6, 6.07) is -0.520. The highest BCUT2D eigenvalue weighted by atomic mass is 32.2. The van der Waals surface area contributed by atoms with Crippen molar-refractivity contribution in [3.8, 4) is 0 Å². The van der Waals surface area contributed by atoms with E-state index in [1.165, 1.54) is 42.1 Å². The van der Waals surface area contributed by atoms with Gasteiger partial charge in [0.15, 0.2) is 24.7 Å². The van der Waals surface area contributed by atoms with Gasteiger partial charge in [0.25, 0.3) is 0 Å². The molecule has 0 bridgehead atoms. The van der Waals surface area contributed by atoms with Gasteiger partial charge in [-0.25, -0.2) is 13.1 Å². The van der Waals surface area contributed by atoms with Crippen LogP contribution in [-0.2, 0) is 76.6 Å². The van der Waals surface area contributed by atoms with Crippen LogP contribution in [0.3, 0.4) is 0 Å². The number of ether oxygens (including phenoxy) is 10. The van der Waals surface area contributed by atoms with Gasteiger partial charge in [-0.3, -0.25) is 19.3 Å². The van der Waals surface area contributed by atoms with Crippen LogP contribution in [0.5, 0.6) is 0 Å². The third kappa shape index (κ3) is 17.9. The normalized spacial score (nSPS) is 40.0. The van der Waals surface area contributed by atoms with E-state index in [0.29, 0.717) is 0 Å². The first-order chi connectivity index (χ1) is 36.9. The molecule has 0 radical (unpaired) electrons. The van der Waals surface area contributed by atoms with Crippen molar-refractivity contribution in [2.45, 2.75) is 238 Å². The second-order valence-electron chi connectivity index (χ2n) is 24.2. The Labute approximate surface area is 471 Å². The van der Waals surface area contributed by atoms with Gasteiger partial charge >= 0.3 is 27.5 Å². The van der Waals surface area contributed by atoms with Crippen molar-refractivity contribution in [3.05, 3.63) is 0 Å². The van der Waals surface area contributed by atoms with E-state index >= 15 is 4.79 Å². The van der Waals surface area contributed by atoms with Gasteiger partial charge in [-0.05, 0) is 73.6 Å². The zero-order valence-electron chi connectivity index (χ0n) is 50.0. The average molecular weight is 1180 g/mol. The monoisotopic (exact) mass is 1180 g/mol. The molecule has 4 heterocycles. The maximum absolute atomic E-state index is 15.3. The summed E-state index contributed by atoms with van der Waals surface area (Å²) in [4.78, 5) is 50.9. The van der Waals surface area contributed by atoms with Crippen LogP contribution in [0.1, 0.15) is 130 Å². The molecule has 4 aliphatic heterocycles. The first kappa shape index (κ1) is 69.8. The van der Waals surface area contributed by atoms with Crippen molar-refractivity contribution in [2.75, 3.05) is 41.0 Å². The third-order valence-corrected chi connectivity index (χ3v) is 17.2. The summed E-state index contributed by atoms with van der Waals surface area (Å²) >= 11 is 0. The van der Waals surface area contributed by atoms with Crippen LogP contribution in [0.25, 0.3) is 0 Å². The quantitative estimate of drug-likeness (QED) is 0.105. The van der Waals surface area contributed by atoms with Crippen molar-refractivity contribution >= 4 is 33.5 Å². The Morgan fingerprint density at radius 1 is 0.850 bits per heavy atom. The summed E-state index contributed by atoms with van der Waals surface area (Å²) in [6.45, 7) is 24.4. The molecule has 4 rings (SSSR count). The van der Waals surface area contributed by atoms with Crippen LogP contribution in [-0.4, -0.2) is 202 Å². The minimum absolute atomic E-state index is 0.0207. The van der Waals surface area contributed by atoms with E-state index in [9.17, 15) is 46.5 Å². The molecule has 466 valence electrons. The number of Topliss-reactive ketones (excluding diaryl/α,β-unsaturated/α-hetero) is 1. The van der Waals surface area contributed by atoms with Crippen molar-refractivity contribution in [1.29, 1.82) is 0 Å². The highest BCUT2D eigenvalue weighted by Crippen LogP contribution is 2.40. The molecule has 4 saturated heterocycles. The van der Waals surface area contributed by atoms with Gasteiger partial charge in [-0.2, -0.15) is 13.2 Å². The van der Waals surface area contributed by atoms with Gasteiger partial charge in [-0.1, -0.05) is 53.6 Å². The Hall–Kier alpha value is -2.70. The number of aliphatic hydroxyl groups excluding tert-OH is 2. The van der Waals surface area contributed by atoms with Gasteiger partial charge in [-0.15, -0.1) is 0 Å². The largest absolute Gasteiger partial charge is 0.511 e. The Bertz CT molecular complexity index is 2160. The van der Waals surface area contributed by atoms with E-state index < -0.39 is 172 Å². The fourth-order valence-electron chi connectivity index (χ4n) is 11.8. The summed E-state index contributed by atoms with van der Waals surface area (Å²) in [5.41, 5.74) is -9.07. The van der Waals surface area contributed by atoms with E-state index in [1.807, 2.05) is 13.8 Å². The van der Waals surface area contributed by atoms with Gasteiger partial charge < -0.3 is 67.5 Å². The molecular formula is C54H94F3N3O19S. The zero-order valence-corrected chi connectivity index (χ0v) is 50.8. The van der Waals surface area contributed by atoms with Crippen LogP contribution in [0.15, 0.2) is 5.16 Å². The first-order valence-corrected chi connectivity index (χ1v) is 29.3. The molecule has 0 amide bonds. The molecule has 1 unspecified atom stereocenters. The molecule has 26 heteroatoms. The molecule has 0 aromatic carbocycles. The van der Waals surface area contributed by atoms with Gasteiger partial charge in [0.2, 0.25) is 0 Å². The van der Waals surface area contributed by atoms with Crippen molar-refractivity contribution < 1.29 is 103 Å². The molecule has 0 aromatic heterocycles. The molecule has 4 aliphatic rings. The van der Waals surface area contributed by atoms with E-state index in [-0.39, 0.29) is 57.0 Å². The molecule has 0 aliphatic carbocycles. The third-order valence-electron chi connectivity index (χ3n) is 15.8. The summed E-state index contributed by atoms with van der Waals surface area (Å²) < 4.78 is 130. The molecule has 0 spiro atoms. The molecular weight excluding hydrogens is 1080 g/mol. The topological polar surface area (TPSA) is 275 Å². The van der Waals surface area contributed by atoms with Crippen molar-refractivity contribution in [1.82, 2.24) is 9.62 Å². The number of methoxy groups -OCH3 is 2. The number of ketones is 1. The predicted octanol–water partition coefficient (Wildman–Crippen LogP) is 4.86. The molecule has 22 nitrogen and oxygen atoms in total. The number of nitrogens with one attached hydrogen (secondary N) is 1. The number of carbonyl (C=O) groups is 3. The highest BCUT2D eigenvalue weighted by molar-refractivity contribution is 7.90. The van der Waals surface area contributed by atoms with E-state index in [2.05, 4.69) is 5.16 Å². The van der Waals surface area contributed by atoms with Gasteiger partial charge in [0, 0.05) is 75.9 Å². The molecule has 22 atom stereocenters. The number of alkyl halides is 3. The number of cyclic esters (lactones) is 1. The number of nitrogens with zero attached hydrogens (tertiary/aromatic N) is 2. The molecule has 0 saturated carbocycles. The fraction of sp³-hybridized carbons (Fsp3) is 0.926. The first-order valence-electron chi connectivity index (χ1n) is 27.8. The van der Waals surface area contributed by atoms with Crippen LogP contribution in [0.2, 0.25) is 0 Å². The van der Waals surface area contributed by atoms with E-state index in [1.54, 1.807) is 78.9 Å². The molecule has 0 aromatic rings. The molecule has 80 heavy (non-hydrogen) atoms. The van der Waals surface area contributed by atoms with E-state index in [0.717, 1.165) is 0 Å². The maximum Gasteiger partial charge on any atom is 0.511 e. The van der Waals surface area contributed by atoms with Crippen LogP contribution in [0, 0.1) is 41.4 Å². The minimum Gasteiger partial charge on any atom is -0.461 e. The summed E-state index contributed by atoms with van der Waals surface area (Å²) in [6.07, 6.45) is -14.7. The second-order valence-corrected chi connectivity index (χ2v) is 25.9. The smallest absolute Gasteiger partial charge is 0.461 e. The molecule has 4 fully saturated rings. The van der Waals surface area contributed by atoms with Crippen LogP contribution >= 0.6 is 0 Å². The number of hydrogen-bond acceptors (Lipinski definition) is 21. The van der Waals surface area contributed by atoms with Gasteiger partial charge in [0.1, 0.15) is 49.3 Å². The second kappa shape index (κ2) is 28.9. The Morgan fingerprint density at radius 3 is 2.05 bits per heavy atom. The summed E-state index contributed by atoms with van der Waals surface area (Å²) in [5, 5.41) is 39.0. The van der Waals surface area contributed by atoms with Crippen molar-refractivity contribution in [2.24, 2.45) is 46.6 Å². The predicted molar refractivity (Wildman–Crippen MR) is 284 cm³/mol. The summed E-state index contributed by atoms with van der Waals surface area (Å²) in [5.74, 6) is -8.14. The standard InChI is InChI=1S/C54H94F3N3O19S/c1-26(2)19-38(61)76-44-33(9)43(28(4)24-72-51-47(70-17)46(69-16)40(62)36(12)75-51)78-49(65)35(11)45(77-39-20-29(5)60(23-31(7)73-39)25-52(13,14)59-80(67,68)54(55,56)57)32(8)42(27(3)22-53(15,66)48(64)34(44)10)79-50-41(63)37(58-71-18)21-30(6)74-50/h26-36,39-47,50-51,59,62-63,66H,19-25H2,1-18H3/b58-37+/t27-,28-,29?,30+,31-,32+,33-,34+,35+,36+,39-,40+,41+,42-,43+,44+,45-,46+,47+,50-,51+,53-/m0/s1. The number of sulfonamides is 1. The lowest BCUT2D eigenvalue weighted by atomic mass is 9.74. The SMILES string of the molecule is CO/N=C1\C[C@@H](C)O[C@@H](O[C@@H]2[C@@H](C)[C@H](O[C@H]3CC(C)N(CC(C)(C)NS(=O)(=O)C(F)(F)F)C[C@H](C)O3)[C@@H](C)C(=O)O[C@H]([C@@H](C)CO[C@@H]3O[C@H](C)[C@@H](O)[C@@H](OC)[C@H]3OC)[C@H](C)[C@@H](OC(=O)CC(C)C)[C@@H](C)C(=O)[C@@](C)(O)C[C@@H]2C)[C@@H]1O.